The first-order valence-electron chi connectivity index (χ1n) is 9.42. The minimum Gasteiger partial charge on any atom is -0.508 e. The first-order chi connectivity index (χ1) is 12.3. The molecule has 0 aromatic heterocycles. The molecular formula is C23H30O3. The van der Waals surface area contributed by atoms with Crippen molar-refractivity contribution in [2.24, 2.45) is 0 Å². The monoisotopic (exact) mass is 354 g/mol. The van der Waals surface area contributed by atoms with Gasteiger partial charge in [-0.15, -0.1) is 0 Å². The van der Waals surface area contributed by atoms with E-state index in [1.54, 1.807) is 24.3 Å². The topological polar surface area (TPSA) is 57.5 Å². The molecule has 0 saturated carbocycles. The van der Waals surface area contributed by atoms with Gasteiger partial charge in [0.1, 0.15) is 11.5 Å². The molecule has 3 nitrogen and oxygen atoms in total. The number of phenolic OH excluding ortho intramolecular Hbond substituents is 2. The smallest absolute Gasteiger partial charge is 0.153 e. The molecule has 0 fully saturated rings. The molecule has 3 heteroatoms. The molecule has 0 aliphatic rings. The molecule has 0 spiro atoms. The third-order valence-electron chi connectivity index (χ3n) is 5.51. The SMILES string of the molecule is CCCC(C)(C(=O)C(C)(CCC)c1ccc(O)cc1)c1ccc(O)cc1. The number of carbonyl (C=O) groups is 1. The van der Waals surface area contributed by atoms with Gasteiger partial charge in [0.2, 0.25) is 0 Å². The number of hydrogen-bond donors (Lipinski definition) is 2. The van der Waals surface area contributed by atoms with Crippen molar-refractivity contribution in [3.63, 3.8) is 0 Å². The fourth-order valence-electron chi connectivity index (χ4n) is 4.05. The number of ketones is 1. The third-order valence-corrected chi connectivity index (χ3v) is 5.51. The van der Waals surface area contributed by atoms with Crippen LogP contribution in [0, 0.1) is 0 Å². The molecule has 2 N–H and O–H groups in total. The molecule has 2 atom stereocenters. The van der Waals surface area contributed by atoms with E-state index < -0.39 is 10.8 Å². The zero-order chi connectivity index (χ0) is 19.4. The molecule has 0 aliphatic carbocycles. The standard InChI is InChI=1S/C23H30O3/c1-5-15-22(3,17-7-11-19(24)12-8-17)21(26)23(4,16-6-2)18-9-13-20(25)14-10-18/h7-14,24-25H,5-6,15-16H2,1-4H3. The van der Waals surface area contributed by atoms with Gasteiger partial charge in [-0.05, 0) is 62.1 Å². The van der Waals surface area contributed by atoms with Crippen LogP contribution in [-0.4, -0.2) is 16.0 Å². The Bertz CT molecular complexity index is 670. The predicted molar refractivity (Wildman–Crippen MR) is 106 cm³/mol. The molecule has 0 bridgehead atoms. The van der Waals surface area contributed by atoms with Crippen molar-refractivity contribution in [1.29, 1.82) is 0 Å². The second kappa shape index (κ2) is 7.94. The first kappa shape index (κ1) is 20.0. The van der Waals surface area contributed by atoms with Crippen LogP contribution in [-0.2, 0) is 15.6 Å². The average Bonchev–Trinajstić information content (AvgIpc) is 2.62. The molecule has 2 aromatic carbocycles. The van der Waals surface area contributed by atoms with Crippen LogP contribution < -0.4 is 0 Å². The Balaban J connectivity index is 2.55. The van der Waals surface area contributed by atoms with E-state index in [4.69, 9.17) is 0 Å². The maximum Gasteiger partial charge on any atom is 0.153 e. The molecule has 0 radical (unpaired) electrons. The lowest BCUT2D eigenvalue weighted by Gasteiger charge is -2.39. The molecule has 26 heavy (non-hydrogen) atoms. The van der Waals surface area contributed by atoms with Gasteiger partial charge in [-0.1, -0.05) is 51.0 Å². The van der Waals surface area contributed by atoms with Gasteiger partial charge >= 0.3 is 0 Å². The summed E-state index contributed by atoms with van der Waals surface area (Å²) in [6.45, 7) is 8.20. The van der Waals surface area contributed by atoms with Gasteiger partial charge in [0, 0.05) is 0 Å². The Kier molecular flexibility index (Phi) is 6.12. The van der Waals surface area contributed by atoms with E-state index in [9.17, 15) is 15.0 Å². The number of rotatable bonds is 8. The normalized spacial score (nSPS) is 15.8. The summed E-state index contributed by atoms with van der Waals surface area (Å²) < 4.78 is 0. The minimum atomic E-state index is -0.635. The second-order valence-corrected chi connectivity index (χ2v) is 7.59. The van der Waals surface area contributed by atoms with Crippen molar-refractivity contribution in [3.05, 3.63) is 59.7 Å². The second-order valence-electron chi connectivity index (χ2n) is 7.59. The maximum absolute atomic E-state index is 13.9. The van der Waals surface area contributed by atoms with Crippen molar-refractivity contribution >= 4 is 5.78 Å². The van der Waals surface area contributed by atoms with Crippen LogP contribution in [0.15, 0.2) is 48.5 Å². The van der Waals surface area contributed by atoms with Crippen LogP contribution in [0.5, 0.6) is 11.5 Å². The summed E-state index contributed by atoms with van der Waals surface area (Å²) in [6.07, 6.45) is 3.27. The fourth-order valence-corrected chi connectivity index (χ4v) is 4.05. The van der Waals surface area contributed by atoms with Gasteiger partial charge < -0.3 is 10.2 Å². The third kappa shape index (κ3) is 3.77. The van der Waals surface area contributed by atoms with Crippen LogP contribution in [0.1, 0.15) is 64.5 Å². The van der Waals surface area contributed by atoms with Crippen LogP contribution in [0.3, 0.4) is 0 Å². The molecule has 2 aromatic rings. The summed E-state index contributed by atoms with van der Waals surface area (Å²) in [5.74, 6) is 0.592. The van der Waals surface area contributed by atoms with Gasteiger partial charge in [0.25, 0.3) is 0 Å². The summed E-state index contributed by atoms with van der Waals surface area (Å²) in [5.41, 5.74) is 0.598. The van der Waals surface area contributed by atoms with E-state index in [1.807, 2.05) is 38.1 Å². The fraction of sp³-hybridized carbons (Fsp3) is 0.435. The summed E-state index contributed by atoms with van der Waals surface area (Å²) in [7, 11) is 0. The zero-order valence-corrected chi connectivity index (χ0v) is 16.2. The Morgan fingerprint density at radius 2 is 1.04 bits per heavy atom. The van der Waals surface area contributed by atoms with Gasteiger partial charge in [-0.2, -0.15) is 0 Å². The van der Waals surface area contributed by atoms with E-state index >= 15 is 0 Å². The van der Waals surface area contributed by atoms with Gasteiger partial charge in [0.15, 0.2) is 5.78 Å². The van der Waals surface area contributed by atoms with Gasteiger partial charge in [-0.3, -0.25) is 4.79 Å². The van der Waals surface area contributed by atoms with Crippen molar-refractivity contribution in [2.45, 2.75) is 64.2 Å². The highest BCUT2D eigenvalue weighted by atomic mass is 16.3. The molecular weight excluding hydrogens is 324 g/mol. The van der Waals surface area contributed by atoms with E-state index in [2.05, 4.69) is 13.8 Å². The van der Waals surface area contributed by atoms with Crippen molar-refractivity contribution in [2.75, 3.05) is 0 Å². The summed E-state index contributed by atoms with van der Waals surface area (Å²) in [5, 5.41) is 19.3. The lowest BCUT2D eigenvalue weighted by atomic mass is 9.62. The number of Topliss-reactive ketones (excluding diaryl/α,β-unsaturated/α-hetero) is 1. The van der Waals surface area contributed by atoms with E-state index in [0.29, 0.717) is 0 Å². The number of carbonyl (C=O) groups excluding carboxylic acids is 1. The van der Waals surface area contributed by atoms with E-state index in [-0.39, 0.29) is 17.3 Å². The zero-order valence-electron chi connectivity index (χ0n) is 16.2. The Labute approximate surface area is 156 Å². The molecule has 0 saturated heterocycles. The quantitative estimate of drug-likeness (QED) is 0.659. The van der Waals surface area contributed by atoms with Crippen LogP contribution in [0.25, 0.3) is 0 Å². The number of phenols is 2. The molecule has 0 amide bonds. The summed E-state index contributed by atoms with van der Waals surface area (Å²) >= 11 is 0. The van der Waals surface area contributed by atoms with Crippen LogP contribution >= 0.6 is 0 Å². The molecule has 140 valence electrons. The Morgan fingerprint density at radius 3 is 1.31 bits per heavy atom. The molecule has 2 unspecified atom stereocenters. The number of hydrogen-bond acceptors (Lipinski definition) is 3. The van der Waals surface area contributed by atoms with Crippen molar-refractivity contribution in [3.8, 4) is 11.5 Å². The van der Waals surface area contributed by atoms with Crippen LogP contribution in [0.4, 0.5) is 0 Å². The highest BCUT2D eigenvalue weighted by Crippen LogP contribution is 2.42. The maximum atomic E-state index is 13.9. The predicted octanol–water partition coefficient (Wildman–Crippen LogP) is 5.48. The van der Waals surface area contributed by atoms with E-state index in [0.717, 1.165) is 36.8 Å². The van der Waals surface area contributed by atoms with E-state index in [1.165, 1.54) is 0 Å². The van der Waals surface area contributed by atoms with Gasteiger partial charge in [0.05, 0.1) is 10.8 Å². The Hall–Kier alpha value is -2.29. The first-order valence-corrected chi connectivity index (χ1v) is 9.42. The minimum absolute atomic E-state index is 0.185. The lowest BCUT2D eigenvalue weighted by molar-refractivity contribution is -0.130. The largest absolute Gasteiger partial charge is 0.508 e. The average molecular weight is 354 g/mol. The highest BCUT2D eigenvalue weighted by Gasteiger charge is 2.45. The number of aromatic hydroxyl groups is 2. The van der Waals surface area contributed by atoms with Crippen LogP contribution in [0.2, 0.25) is 0 Å². The van der Waals surface area contributed by atoms with Crippen molar-refractivity contribution < 1.29 is 15.0 Å². The molecule has 0 heterocycles. The molecule has 0 aliphatic heterocycles. The van der Waals surface area contributed by atoms with Gasteiger partial charge in [-0.25, -0.2) is 0 Å². The molecule has 2 rings (SSSR count). The highest BCUT2D eigenvalue weighted by molar-refractivity contribution is 5.98. The number of benzene rings is 2. The summed E-state index contributed by atoms with van der Waals surface area (Å²) in [6, 6.07) is 14.0. The van der Waals surface area contributed by atoms with Crippen molar-refractivity contribution in [1.82, 2.24) is 0 Å². The lowest BCUT2D eigenvalue weighted by Crippen LogP contribution is -2.46. The summed E-state index contributed by atoms with van der Waals surface area (Å²) in [4.78, 5) is 13.9. The Morgan fingerprint density at radius 1 is 0.731 bits per heavy atom.